The molecule has 0 atom stereocenters. The van der Waals surface area contributed by atoms with Crippen molar-refractivity contribution in [1.29, 1.82) is 0 Å². The molecule has 1 rings (SSSR count). The Balaban J connectivity index is 2.95. The molecule has 0 saturated carbocycles. The van der Waals surface area contributed by atoms with Crippen LogP contribution in [0.2, 0.25) is 5.15 Å². The zero-order chi connectivity index (χ0) is 9.14. The average molecular weight is 188 g/mol. The Morgan fingerprint density at radius 1 is 1.67 bits per heavy atom. The molecule has 0 fully saturated rings. The van der Waals surface area contributed by atoms with Gasteiger partial charge in [-0.25, -0.2) is 4.98 Å². The molecule has 68 valence electrons. The van der Waals surface area contributed by atoms with Gasteiger partial charge < -0.3 is 10.3 Å². The summed E-state index contributed by atoms with van der Waals surface area (Å²) in [6.07, 6.45) is 1.67. The molecular formula is C8H14ClN3. The predicted octanol–water partition coefficient (Wildman–Crippen LogP) is 1.62. The number of hydrogen-bond donors (Lipinski definition) is 1. The first kappa shape index (κ1) is 9.55. The zero-order valence-electron chi connectivity index (χ0n) is 7.42. The molecule has 0 spiro atoms. The van der Waals surface area contributed by atoms with E-state index in [4.69, 9.17) is 17.3 Å². The normalized spacial score (nSPS) is 11.1. The first-order valence-corrected chi connectivity index (χ1v) is 4.45. The maximum absolute atomic E-state index is 5.91. The van der Waals surface area contributed by atoms with Gasteiger partial charge in [0.05, 0.1) is 6.20 Å². The molecule has 0 unspecified atom stereocenters. The van der Waals surface area contributed by atoms with Crippen LogP contribution in [0.1, 0.15) is 25.6 Å². The molecule has 0 aromatic carbocycles. The van der Waals surface area contributed by atoms with E-state index in [1.807, 2.05) is 4.57 Å². The molecule has 1 aromatic heterocycles. The van der Waals surface area contributed by atoms with Crippen molar-refractivity contribution in [2.45, 2.75) is 26.3 Å². The van der Waals surface area contributed by atoms with Gasteiger partial charge in [-0.15, -0.1) is 0 Å². The van der Waals surface area contributed by atoms with Gasteiger partial charge >= 0.3 is 0 Å². The first-order valence-electron chi connectivity index (χ1n) is 4.07. The van der Waals surface area contributed by atoms with Crippen molar-refractivity contribution < 1.29 is 0 Å². The van der Waals surface area contributed by atoms with Gasteiger partial charge in [-0.1, -0.05) is 25.4 Å². The van der Waals surface area contributed by atoms with Gasteiger partial charge in [-0.05, 0) is 0 Å². The van der Waals surface area contributed by atoms with Crippen LogP contribution < -0.4 is 5.73 Å². The highest BCUT2D eigenvalue weighted by molar-refractivity contribution is 6.29. The Bertz CT molecular complexity index is 255. The van der Waals surface area contributed by atoms with E-state index in [1.54, 1.807) is 6.20 Å². The first-order chi connectivity index (χ1) is 5.66. The quantitative estimate of drug-likeness (QED) is 0.782. The van der Waals surface area contributed by atoms with Gasteiger partial charge in [-0.3, -0.25) is 0 Å². The van der Waals surface area contributed by atoms with Gasteiger partial charge in [0.15, 0.2) is 0 Å². The number of imidazole rings is 1. The highest BCUT2D eigenvalue weighted by atomic mass is 35.5. The molecule has 0 saturated heterocycles. The molecule has 0 radical (unpaired) electrons. The Labute approximate surface area is 77.5 Å². The maximum Gasteiger partial charge on any atom is 0.128 e. The van der Waals surface area contributed by atoms with E-state index < -0.39 is 0 Å². The molecule has 0 aliphatic heterocycles. The van der Waals surface area contributed by atoms with Crippen LogP contribution in [0.15, 0.2) is 6.20 Å². The number of hydrogen-bond acceptors (Lipinski definition) is 2. The van der Waals surface area contributed by atoms with Crippen LogP contribution in [-0.4, -0.2) is 16.1 Å². The summed E-state index contributed by atoms with van der Waals surface area (Å²) in [5.74, 6) is 1.40. The molecule has 0 aliphatic rings. The van der Waals surface area contributed by atoms with E-state index in [0.29, 0.717) is 17.6 Å². The van der Waals surface area contributed by atoms with Crippen LogP contribution in [-0.2, 0) is 6.54 Å². The van der Waals surface area contributed by atoms with Gasteiger partial charge in [0.2, 0.25) is 0 Å². The minimum atomic E-state index is 0.393. The van der Waals surface area contributed by atoms with Crippen LogP contribution >= 0.6 is 11.6 Å². The number of nitrogens with two attached hydrogens (primary N) is 1. The SMILES string of the molecule is CC(C)c1ncc(Cl)n1CCN. The fraction of sp³-hybridized carbons (Fsp3) is 0.625. The Morgan fingerprint density at radius 3 is 2.83 bits per heavy atom. The van der Waals surface area contributed by atoms with E-state index in [9.17, 15) is 0 Å². The smallest absolute Gasteiger partial charge is 0.128 e. The van der Waals surface area contributed by atoms with Gasteiger partial charge in [0.1, 0.15) is 11.0 Å². The van der Waals surface area contributed by atoms with Crippen molar-refractivity contribution in [1.82, 2.24) is 9.55 Å². The molecule has 4 heteroatoms. The second kappa shape index (κ2) is 3.92. The number of rotatable bonds is 3. The number of aromatic nitrogens is 2. The second-order valence-corrected chi connectivity index (χ2v) is 3.42. The Hall–Kier alpha value is -0.540. The van der Waals surface area contributed by atoms with Crippen molar-refractivity contribution >= 4 is 11.6 Å². The highest BCUT2D eigenvalue weighted by Gasteiger charge is 2.09. The van der Waals surface area contributed by atoms with Crippen LogP contribution in [0, 0.1) is 0 Å². The lowest BCUT2D eigenvalue weighted by Gasteiger charge is -2.09. The highest BCUT2D eigenvalue weighted by Crippen LogP contribution is 2.18. The molecular weight excluding hydrogens is 174 g/mol. The monoisotopic (exact) mass is 187 g/mol. The number of nitrogens with zero attached hydrogens (tertiary/aromatic N) is 2. The Kier molecular flexibility index (Phi) is 3.12. The third-order valence-electron chi connectivity index (χ3n) is 1.71. The summed E-state index contributed by atoms with van der Waals surface area (Å²) in [5.41, 5.74) is 5.45. The lowest BCUT2D eigenvalue weighted by molar-refractivity contribution is 0.628. The largest absolute Gasteiger partial charge is 0.329 e. The third-order valence-corrected chi connectivity index (χ3v) is 2.01. The van der Waals surface area contributed by atoms with Crippen LogP contribution in [0.4, 0.5) is 0 Å². The Morgan fingerprint density at radius 2 is 2.33 bits per heavy atom. The molecule has 0 aliphatic carbocycles. The van der Waals surface area contributed by atoms with Gasteiger partial charge in [-0.2, -0.15) is 0 Å². The second-order valence-electron chi connectivity index (χ2n) is 3.03. The lowest BCUT2D eigenvalue weighted by atomic mass is 10.2. The van der Waals surface area contributed by atoms with E-state index in [-0.39, 0.29) is 0 Å². The fourth-order valence-corrected chi connectivity index (χ4v) is 1.40. The van der Waals surface area contributed by atoms with Crippen LogP contribution in [0.5, 0.6) is 0 Å². The van der Waals surface area contributed by atoms with Crippen LogP contribution in [0.3, 0.4) is 0 Å². The van der Waals surface area contributed by atoms with Gasteiger partial charge in [0.25, 0.3) is 0 Å². The minimum Gasteiger partial charge on any atom is -0.329 e. The summed E-state index contributed by atoms with van der Waals surface area (Å²) in [6.45, 7) is 5.51. The van der Waals surface area contributed by atoms with E-state index >= 15 is 0 Å². The van der Waals surface area contributed by atoms with E-state index in [0.717, 1.165) is 12.4 Å². The predicted molar refractivity (Wildman–Crippen MR) is 50.4 cm³/mol. The van der Waals surface area contributed by atoms with Crippen molar-refractivity contribution in [2.75, 3.05) is 6.54 Å². The molecule has 0 amide bonds. The third kappa shape index (κ3) is 1.79. The molecule has 12 heavy (non-hydrogen) atoms. The van der Waals surface area contributed by atoms with Crippen molar-refractivity contribution in [3.63, 3.8) is 0 Å². The summed E-state index contributed by atoms with van der Waals surface area (Å²) in [7, 11) is 0. The van der Waals surface area contributed by atoms with Crippen LogP contribution in [0.25, 0.3) is 0 Å². The summed E-state index contributed by atoms with van der Waals surface area (Å²) >= 11 is 5.91. The zero-order valence-corrected chi connectivity index (χ0v) is 8.17. The molecule has 3 nitrogen and oxygen atoms in total. The average Bonchev–Trinajstić information content (AvgIpc) is 2.34. The van der Waals surface area contributed by atoms with E-state index in [1.165, 1.54) is 0 Å². The lowest BCUT2D eigenvalue weighted by Crippen LogP contribution is -2.13. The molecule has 1 heterocycles. The van der Waals surface area contributed by atoms with Gasteiger partial charge in [0, 0.05) is 19.0 Å². The molecule has 2 N–H and O–H groups in total. The summed E-state index contributed by atoms with van der Waals surface area (Å²) in [6, 6.07) is 0. The van der Waals surface area contributed by atoms with E-state index in [2.05, 4.69) is 18.8 Å². The summed E-state index contributed by atoms with van der Waals surface area (Å²) in [4.78, 5) is 4.21. The molecule has 0 bridgehead atoms. The van der Waals surface area contributed by atoms with Crippen molar-refractivity contribution in [3.05, 3.63) is 17.2 Å². The summed E-state index contributed by atoms with van der Waals surface area (Å²) in [5, 5.41) is 0.671. The fourth-order valence-electron chi connectivity index (χ4n) is 1.18. The van der Waals surface area contributed by atoms with Crippen molar-refractivity contribution in [3.8, 4) is 0 Å². The minimum absolute atomic E-state index is 0.393. The topological polar surface area (TPSA) is 43.8 Å². The standard InChI is InChI=1S/C8H14ClN3/c1-6(2)8-11-5-7(9)12(8)4-3-10/h5-6H,3-4,10H2,1-2H3. The van der Waals surface area contributed by atoms with Crippen molar-refractivity contribution in [2.24, 2.45) is 5.73 Å². The summed E-state index contributed by atoms with van der Waals surface area (Å²) < 4.78 is 1.95. The maximum atomic E-state index is 5.91. The molecule has 1 aromatic rings. The number of halogens is 1.